The van der Waals surface area contributed by atoms with Crippen molar-refractivity contribution in [3.8, 4) is 45.6 Å². The Bertz CT molecular complexity index is 5770. The Kier molecular flexibility index (Phi) is 11.3. The van der Waals surface area contributed by atoms with Crippen LogP contribution in [0.1, 0.15) is 122 Å². The van der Waals surface area contributed by atoms with E-state index in [-0.39, 0.29) is 38.0 Å². The highest BCUT2D eigenvalue weighted by Crippen LogP contribution is 2.71. The molecule has 8 bridgehead atoms. The van der Waals surface area contributed by atoms with E-state index in [0.717, 1.165) is 43.8 Å². The van der Waals surface area contributed by atoms with Gasteiger partial charge < -0.3 is 9.97 Å². The summed E-state index contributed by atoms with van der Waals surface area (Å²) < 4.78 is -1.51. The summed E-state index contributed by atoms with van der Waals surface area (Å²) in [5.41, 5.74) is 20.1. The summed E-state index contributed by atoms with van der Waals surface area (Å²) in [4.78, 5) is 51.0. The van der Waals surface area contributed by atoms with Crippen LogP contribution in [0.5, 0.6) is 0 Å². The summed E-state index contributed by atoms with van der Waals surface area (Å²) >= 11 is 16.3. The van der Waals surface area contributed by atoms with Gasteiger partial charge in [0.15, 0.2) is 23.3 Å². The van der Waals surface area contributed by atoms with Gasteiger partial charge in [-0.2, -0.15) is 0 Å². The molecule has 0 amide bonds. The maximum absolute atomic E-state index is 5.90. The summed E-state index contributed by atoms with van der Waals surface area (Å²) in [7, 11) is 0. The first-order chi connectivity index (χ1) is 45.6. The number of allylic oxidation sites excluding steroid dienone is 12. The largest absolute Gasteiger partial charge is 0.324 e. The first-order valence-corrected chi connectivity index (χ1v) is 40.2. The lowest BCUT2D eigenvalue weighted by Crippen LogP contribution is -2.53. The van der Waals surface area contributed by atoms with E-state index in [0.29, 0.717) is 56.4 Å². The lowest BCUT2D eigenvalue weighted by molar-refractivity contribution is 0.685. The minimum absolute atomic E-state index is 0.147. The average Bonchev–Trinajstić information content (AvgIpc) is 1.52. The molecule has 476 valence electrons. The minimum Gasteiger partial charge on any atom is -0.324 e. The molecule has 4 aliphatic carbocycles. The molecule has 0 radical (unpaired) electrons. The molecule has 3 aromatic heterocycles. The molecular weight excluding hydrogens is 1330 g/mol. The third kappa shape index (κ3) is 6.97. The summed E-state index contributed by atoms with van der Waals surface area (Å²) in [6, 6.07) is 19.4. The van der Waals surface area contributed by atoms with Gasteiger partial charge in [-0.25, -0.2) is 29.9 Å². The molecule has 0 saturated carbocycles. The monoisotopic (exact) mass is 1400 g/mol. The molecule has 16 heteroatoms. The highest BCUT2D eigenvalue weighted by Gasteiger charge is 2.62. The first kappa shape index (κ1) is 59.1. The topological polar surface area (TPSA) is 109 Å². The van der Waals surface area contributed by atoms with E-state index in [2.05, 4.69) is 241 Å². The predicted octanol–water partition coefficient (Wildman–Crippen LogP) is 16.8. The van der Waals surface area contributed by atoms with Gasteiger partial charge in [-0.05, 0) is 312 Å². The van der Waals surface area contributed by atoms with Crippen molar-refractivity contribution in [3.63, 3.8) is 0 Å². The lowest BCUT2D eigenvalue weighted by atomic mass is 9.69. The number of aromatic nitrogens is 8. The van der Waals surface area contributed by atoms with Crippen molar-refractivity contribution in [1.82, 2.24) is 39.9 Å². The van der Waals surface area contributed by atoms with Crippen LogP contribution >= 0.6 is 94.1 Å². The van der Waals surface area contributed by atoms with E-state index in [1.165, 1.54) is 116 Å². The van der Waals surface area contributed by atoms with E-state index in [1.54, 1.807) is 0 Å². The van der Waals surface area contributed by atoms with Crippen LogP contribution in [-0.2, 0) is 0 Å². The molecule has 10 atom stereocenters. The third-order valence-corrected chi connectivity index (χ3v) is 37.0. The van der Waals surface area contributed by atoms with Gasteiger partial charge in [0, 0.05) is 54.3 Å². The van der Waals surface area contributed by atoms with Gasteiger partial charge >= 0.3 is 0 Å². The first-order valence-electron chi connectivity index (χ1n) is 33.5. The summed E-state index contributed by atoms with van der Waals surface area (Å²) in [6.07, 6.45) is 19.8. The Labute approximate surface area is 591 Å². The van der Waals surface area contributed by atoms with E-state index in [4.69, 9.17) is 29.9 Å². The standard InChI is InChI=1S/C80H68N8S8/c1-33-17-57-41-25-49-50(26-42(41)58-18-34(2)90-74(58,10)73(57,9)89-33)66-81-65(49)85-67-51-27-43-44(60-20-36(4)92-76(60,12)75(11)59(43)19-35(3)91-75)28-52(51)69(82-67)87-71-55-31-47-48(64-24-40(8)96-80(64,16)79(15)63(47)23-39(7)95-79)32-56(55)72(84-71)88-70-54-30-46-45(29-53(54)68(83-70)86-66)61-21-37(5)93-77(61,13)78(14)62(46)22-38(6)94-78/h17-34,81H,1-16H3,(H,82,83,84,85,86,87,88). The van der Waals surface area contributed by atoms with Crippen LogP contribution in [0.25, 0.3) is 134 Å². The molecule has 2 N–H and O–H groups in total. The molecule has 96 heavy (non-hydrogen) atoms. The Morgan fingerprint density at radius 1 is 0.292 bits per heavy atom. The Hall–Kier alpha value is -5.82. The van der Waals surface area contributed by atoms with Gasteiger partial charge in [-0.3, -0.25) is 0 Å². The maximum Gasteiger partial charge on any atom is 0.164 e. The molecule has 21 rings (SSSR count). The highest BCUT2D eigenvalue weighted by atomic mass is 32.2. The maximum atomic E-state index is 5.90. The number of rotatable bonds is 0. The van der Waals surface area contributed by atoms with E-state index in [9.17, 15) is 0 Å². The number of fused-ring (bicyclic) bond motifs is 38. The number of nitrogens with zero attached hydrogens (tertiary/aromatic N) is 6. The normalized spacial score (nSPS) is 33.2. The number of thioether (sulfide) groups is 8. The van der Waals surface area contributed by atoms with Gasteiger partial charge in [0.1, 0.15) is 22.6 Å². The predicted molar refractivity (Wildman–Crippen MR) is 420 cm³/mol. The van der Waals surface area contributed by atoms with Crippen molar-refractivity contribution in [2.75, 3.05) is 0 Å². The molecule has 10 aliphatic heterocycles. The van der Waals surface area contributed by atoms with Crippen molar-refractivity contribution in [2.24, 2.45) is 0 Å². The van der Waals surface area contributed by atoms with Crippen molar-refractivity contribution in [3.05, 3.63) is 169 Å². The van der Waals surface area contributed by atoms with Crippen LogP contribution < -0.4 is 31.3 Å². The smallest absolute Gasteiger partial charge is 0.164 e. The Balaban J connectivity index is 0.953. The zero-order chi connectivity index (χ0) is 65.7. The van der Waals surface area contributed by atoms with E-state index < -0.39 is 0 Å². The fourth-order valence-corrected chi connectivity index (χ4v) is 32.2. The second-order valence-corrected chi connectivity index (χ2v) is 43.7. The second-order valence-electron chi connectivity index (χ2n) is 30.1. The number of nitrogens with one attached hydrogen (secondary N) is 2. The lowest BCUT2D eigenvalue weighted by Gasteiger charge is -2.49. The van der Waals surface area contributed by atoms with Gasteiger partial charge in [-0.15, -0.1) is 94.1 Å². The Morgan fingerprint density at radius 2 is 0.521 bits per heavy atom. The quantitative estimate of drug-likeness (QED) is 0.150. The van der Waals surface area contributed by atoms with Gasteiger partial charge in [0.25, 0.3) is 0 Å². The molecule has 4 aromatic carbocycles. The van der Waals surface area contributed by atoms with E-state index >= 15 is 0 Å². The van der Waals surface area contributed by atoms with Crippen LogP contribution in [0.3, 0.4) is 0 Å². The zero-order valence-corrected chi connectivity index (χ0v) is 62.9. The van der Waals surface area contributed by atoms with Gasteiger partial charge in [-0.1, -0.05) is 12.2 Å². The molecule has 0 spiro atoms. The number of hydrogen-bond acceptors (Lipinski definition) is 14. The van der Waals surface area contributed by atoms with Crippen LogP contribution in [0.2, 0.25) is 0 Å². The molecule has 0 saturated heterocycles. The zero-order valence-electron chi connectivity index (χ0n) is 56.3. The van der Waals surface area contributed by atoms with Gasteiger partial charge in [0.05, 0.1) is 38.0 Å². The minimum atomic E-state index is -0.204. The third-order valence-electron chi connectivity index (χ3n) is 24.4. The molecular formula is C80H68N8S8. The molecule has 10 unspecified atom stereocenters. The SMILES string of the molecule is CC1=CC2=c3cc4c(cc3=C3C=C(C)SC3(C)C2(C)S1)-c1nc-4nc2[nH]c(nc3nc(nc4[nH]c(n1)c1cc5c(cc41)=C1C=C(C)SC1(C)C1(C)SC(C)=CC=51)-c1cc4c(cc1-3)=C1C=C(C)SC1(C)C1(C)SC(C)=CC=41)c1cc3c(cc21)C1=CC(C)SC1(C)C1(C)SC(C)C=C31. The van der Waals surface area contributed by atoms with Crippen LogP contribution in [0, 0.1) is 0 Å². The number of H-pyrrole nitrogens is 2. The fourth-order valence-electron chi connectivity index (χ4n) is 19.5. The molecule has 0 fully saturated rings. The molecule has 13 heterocycles. The van der Waals surface area contributed by atoms with Crippen LogP contribution in [0.4, 0.5) is 0 Å². The van der Waals surface area contributed by atoms with Crippen LogP contribution in [0.15, 0.2) is 127 Å². The van der Waals surface area contributed by atoms with E-state index in [1.807, 2.05) is 70.6 Å². The molecule has 8 nitrogen and oxygen atoms in total. The Morgan fingerprint density at radius 3 is 0.771 bits per heavy atom. The highest BCUT2D eigenvalue weighted by molar-refractivity contribution is 8.10. The number of hydrogen-bond donors (Lipinski definition) is 2. The molecule has 14 aliphatic rings. The fraction of sp³-hybridized carbons (Fsp3) is 0.325. The van der Waals surface area contributed by atoms with Crippen molar-refractivity contribution in [1.29, 1.82) is 0 Å². The second kappa shape index (κ2) is 18.4. The molecule has 7 aromatic rings. The van der Waals surface area contributed by atoms with Gasteiger partial charge in [0.2, 0.25) is 0 Å². The summed E-state index contributed by atoms with van der Waals surface area (Å²) in [5.74, 6) is 2.45. The van der Waals surface area contributed by atoms with Crippen molar-refractivity contribution >= 4 is 183 Å². The van der Waals surface area contributed by atoms with Crippen LogP contribution in [-0.4, -0.2) is 88.3 Å². The summed E-state index contributed by atoms with van der Waals surface area (Å²) in [6.45, 7) is 38.2. The van der Waals surface area contributed by atoms with Crippen molar-refractivity contribution < 1.29 is 0 Å². The average molecular weight is 1400 g/mol. The number of benzene rings is 4. The number of aromatic amines is 2. The van der Waals surface area contributed by atoms with Crippen molar-refractivity contribution in [2.45, 2.75) is 159 Å². The summed E-state index contributed by atoms with van der Waals surface area (Å²) in [5, 5.41) is 12.1.